The van der Waals surface area contributed by atoms with Crippen molar-refractivity contribution < 1.29 is 9.18 Å². The van der Waals surface area contributed by atoms with Crippen LogP contribution in [0.1, 0.15) is 36.2 Å². The largest absolute Gasteiger partial charge is 0.341 e. The minimum absolute atomic E-state index is 0.178. The molecule has 1 amide bonds. The number of nitrogens with two attached hydrogens (primary N) is 1. The summed E-state index contributed by atoms with van der Waals surface area (Å²) in [5.74, 6) is 4.98. The Balaban J connectivity index is 2.87. The van der Waals surface area contributed by atoms with E-state index >= 15 is 0 Å². The Morgan fingerprint density at radius 1 is 1.50 bits per heavy atom. The highest BCUT2D eigenvalue weighted by atomic mass is 19.1. The molecule has 0 aromatic heterocycles. The molecule has 1 rings (SSSR count). The molecule has 0 aliphatic heterocycles. The van der Waals surface area contributed by atoms with Crippen LogP contribution in [0.25, 0.3) is 0 Å². The number of nitrogens with zero attached hydrogens (tertiary/aromatic N) is 1. The number of halogens is 1. The van der Waals surface area contributed by atoms with Gasteiger partial charge in [0.05, 0.1) is 12.1 Å². The highest BCUT2D eigenvalue weighted by Crippen LogP contribution is 2.12. The molecule has 0 heterocycles. The van der Waals surface area contributed by atoms with E-state index in [4.69, 9.17) is 5.73 Å². The molecule has 0 spiro atoms. The first kappa shape index (κ1) is 16.2. The maximum atomic E-state index is 13.8. The first-order chi connectivity index (χ1) is 9.49. The molecule has 0 bridgehead atoms. The molecule has 0 aliphatic rings. The molecular weight excluding hydrogens is 255 g/mol. The van der Waals surface area contributed by atoms with E-state index in [2.05, 4.69) is 25.7 Å². The fourth-order valence-corrected chi connectivity index (χ4v) is 1.80. The molecule has 0 fully saturated rings. The summed E-state index contributed by atoms with van der Waals surface area (Å²) in [5.41, 5.74) is 5.85. The zero-order valence-electron chi connectivity index (χ0n) is 12.2. The standard InChI is InChI=1S/C16H21FN2O/c1-4-12(2)11-19(3)16(20)14-8-7-13(6-5-9-18)15(17)10-14/h7-8,10,12H,4,9,11,18H2,1-3H3. The lowest BCUT2D eigenvalue weighted by molar-refractivity contribution is 0.0774. The summed E-state index contributed by atoms with van der Waals surface area (Å²) in [5, 5.41) is 0. The highest BCUT2D eigenvalue weighted by Gasteiger charge is 2.15. The van der Waals surface area contributed by atoms with Gasteiger partial charge < -0.3 is 10.6 Å². The summed E-state index contributed by atoms with van der Waals surface area (Å²) in [6.45, 7) is 4.99. The van der Waals surface area contributed by atoms with Crippen LogP contribution in [0.2, 0.25) is 0 Å². The lowest BCUT2D eigenvalue weighted by atomic mass is 10.1. The van der Waals surface area contributed by atoms with Crippen LogP contribution in [-0.4, -0.2) is 30.9 Å². The predicted molar refractivity (Wildman–Crippen MR) is 78.7 cm³/mol. The normalized spacial score (nSPS) is 11.4. The summed E-state index contributed by atoms with van der Waals surface area (Å²) < 4.78 is 13.8. The molecule has 1 aromatic rings. The van der Waals surface area contributed by atoms with E-state index in [1.54, 1.807) is 18.0 Å². The van der Waals surface area contributed by atoms with Crippen molar-refractivity contribution in [2.45, 2.75) is 20.3 Å². The molecule has 2 N–H and O–H groups in total. The number of carbonyl (C=O) groups is 1. The van der Waals surface area contributed by atoms with Crippen LogP contribution >= 0.6 is 0 Å². The lowest BCUT2D eigenvalue weighted by Gasteiger charge is -2.20. The third-order valence-electron chi connectivity index (χ3n) is 3.17. The van der Waals surface area contributed by atoms with E-state index in [9.17, 15) is 9.18 Å². The van der Waals surface area contributed by atoms with Gasteiger partial charge in [0.25, 0.3) is 5.91 Å². The molecule has 1 atom stereocenters. The van der Waals surface area contributed by atoms with Gasteiger partial charge in [-0.1, -0.05) is 32.1 Å². The first-order valence-corrected chi connectivity index (χ1v) is 6.73. The Labute approximate surface area is 120 Å². The molecule has 20 heavy (non-hydrogen) atoms. The summed E-state index contributed by atoms with van der Waals surface area (Å²) >= 11 is 0. The molecule has 4 heteroatoms. The Hall–Kier alpha value is -1.86. The second-order valence-corrected chi connectivity index (χ2v) is 4.90. The van der Waals surface area contributed by atoms with Gasteiger partial charge in [0.15, 0.2) is 0 Å². The van der Waals surface area contributed by atoms with Gasteiger partial charge in [-0.2, -0.15) is 0 Å². The second kappa shape index (κ2) is 7.66. The third kappa shape index (κ3) is 4.36. The fraction of sp³-hybridized carbons (Fsp3) is 0.438. The summed E-state index contributed by atoms with van der Waals surface area (Å²) in [4.78, 5) is 13.8. The molecule has 0 aliphatic carbocycles. The number of carbonyl (C=O) groups excluding carboxylic acids is 1. The van der Waals surface area contributed by atoms with Crippen molar-refractivity contribution in [3.05, 3.63) is 35.1 Å². The molecule has 0 saturated carbocycles. The van der Waals surface area contributed by atoms with Crippen LogP contribution < -0.4 is 5.73 Å². The Morgan fingerprint density at radius 2 is 2.20 bits per heavy atom. The molecular formula is C16H21FN2O. The molecule has 0 saturated heterocycles. The van der Waals surface area contributed by atoms with Crippen LogP contribution in [0.4, 0.5) is 4.39 Å². The van der Waals surface area contributed by atoms with Gasteiger partial charge in [0.1, 0.15) is 5.82 Å². The van der Waals surface area contributed by atoms with Gasteiger partial charge >= 0.3 is 0 Å². The monoisotopic (exact) mass is 276 g/mol. The number of hydrogen-bond acceptors (Lipinski definition) is 2. The topological polar surface area (TPSA) is 46.3 Å². The van der Waals surface area contributed by atoms with E-state index < -0.39 is 5.82 Å². The third-order valence-corrected chi connectivity index (χ3v) is 3.17. The number of hydrogen-bond donors (Lipinski definition) is 1. The average Bonchev–Trinajstić information content (AvgIpc) is 2.44. The van der Waals surface area contributed by atoms with Crippen molar-refractivity contribution >= 4 is 5.91 Å². The number of rotatable bonds is 4. The molecule has 3 nitrogen and oxygen atoms in total. The van der Waals surface area contributed by atoms with Crippen molar-refractivity contribution in [2.24, 2.45) is 11.7 Å². The second-order valence-electron chi connectivity index (χ2n) is 4.90. The van der Waals surface area contributed by atoms with Crippen LogP contribution in [0.5, 0.6) is 0 Å². The van der Waals surface area contributed by atoms with Gasteiger partial charge in [-0.05, 0) is 24.1 Å². The fourth-order valence-electron chi connectivity index (χ4n) is 1.80. The minimum Gasteiger partial charge on any atom is -0.341 e. The van der Waals surface area contributed by atoms with E-state index in [0.717, 1.165) is 6.42 Å². The van der Waals surface area contributed by atoms with Crippen molar-refractivity contribution in [1.82, 2.24) is 4.90 Å². The SMILES string of the molecule is CCC(C)CN(C)C(=O)c1ccc(C#CCN)c(F)c1. The Morgan fingerprint density at radius 3 is 2.75 bits per heavy atom. The minimum atomic E-state index is -0.492. The van der Waals surface area contributed by atoms with Crippen LogP contribution in [0.3, 0.4) is 0 Å². The van der Waals surface area contributed by atoms with E-state index in [1.807, 2.05) is 0 Å². The molecule has 1 aromatic carbocycles. The van der Waals surface area contributed by atoms with E-state index in [-0.39, 0.29) is 18.0 Å². The predicted octanol–water partition coefficient (Wildman–Crippen LogP) is 2.25. The quantitative estimate of drug-likeness (QED) is 0.857. The van der Waals surface area contributed by atoms with Crippen molar-refractivity contribution in [1.29, 1.82) is 0 Å². The van der Waals surface area contributed by atoms with Crippen LogP contribution in [0.15, 0.2) is 18.2 Å². The first-order valence-electron chi connectivity index (χ1n) is 6.73. The van der Waals surface area contributed by atoms with E-state index in [0.29, 0.717) is 18.0 Å². The average molecular weight is 276 g/mol. The smallest absolute Gasteiger partial charge is 0.253 e. The Kier molecular flexibility index (Phi) is 6.20. The lowest BCUT2D eigenvalue weighted by Crippen LogP contribution is -2.30. The van der Waals surface area contributed by atoms with Crippen molar-refractivity contribution in [3.8, 4) is 11.8 Å². The molecule has 108 valence electrons. The van der Waals surface area contributed by atoms with Crippen LogP contribution in [-0.2, 0) is 0 Å². The number of amides is 1. The highest BCUT2D eigenvalue weighted by molar-refractivity contribution is 5.94. The zero-order valence-corrected chi connectivity index (χ0v) is 12.2. The Bertz CT molecular complexity index is 531. The maximum absolute atomic E-state index is 13.8. The van der Waals surface area contributed by atoms with Gasteiger partial charge in [-0.25, -0.2) is 4.39 Å². The summed E-state index contributed by atoms with van der Waals surface area (Å²) in [6, 6.07) is 4.34. The van der Waals surface area contributed by atoms with Crippen molar-refractivity contribution in [3.63, 3.8) is 0 Å². The molecule has 1 unspecified atom stereocenters. The molecule has 0 radical (unpaired) electrons. The van der Waals surface area contributed by atoms with Gasteiger partial charge in [0.2, 0.25) is 0 Å². The summed E-state index contributed by atoms with van der Waals surface area (Å²) in [7, 11) is 1.73. The van der Waals surface area contributed by atoms with E-state index in [1.165, 1.54) is 12.1 Å². The van der Waals surface area contributed by atoms with Gasteiger partial charge in [0, 0.05) is 19.2 Å². The summed E-state index contributed by atoms with van der Waals surface area (Å²) in [6.07, 6.45) is 1.000. The van der Waals surface area contributed by atoms with Crippen molar-refractivity contribution in [2.75, 3.05) is 20.1 Å². The maximum Gasteiger partial charge on any atom is 0.253 e. The number of benzene rings is 1. The van der Waals surface area contributed by atoms with Crippen LogP contribution in [0, 0.1) is 23.6 Å². The van der Waals surface area contributed by atoms with Gasteiger partial charge in [-0.15, -0.1) is 0 Å². The zero-order chi connectivity index (χ0) is 15.1. The van der Waals surface area contributed by atoms with Gasteiger partial charge in [-0.3, -0.25) is 4.79 Å².